The van der Waals surface area contributed by atoms with Crippen molar-refractivity contribution in [1.29, 1.82) is 0 Å². The zero-order valence-electron chi connectivity index (χ0n) is 11.8. The number of likely N-dealkylation sites (N-methyl/N-ethyl adjacent to an activating group) is 1. The van der Waals surface area contributed by atoms with Crippen LogP contribution in [0, 0.1) is 0 Å². The van der Waals surface area contributed by atoms with E-state index in [2.05, 4.69) is 41.3 Å². The summed E-state index contributed by atoms with van der Waals surface area (Å²) >= 11 is 0. The van der Waals surface area contributed by atoms with E-state index >= 15 is 0 Å². The number of hydrogen-bond acceptors (Lipinski definition) is 2. The first-order valence-corrected chi connectivity index (χ1v) is 6.92. The summed E-state index contributed by atoms with van der Waals surface area (Å²) in [5, 5.41) is 6.75. The first-order valence-electron chi connectivity index (χ1n) is 6.92. The monoisotopic (exact) mass is 240 g/mol. The molecule has 4 nitrogen and oxygen atoms in total. The topological polar surface area (TPSA) is 39.7 Å². The van der Waals surface area contributed by atoms with Crippen LogP contribution >= 0.6 is 0 Å². The van der Waals surface area contributed by atoms with Crippen LogP contribution in [0.2, 0.25) is 0 Å². The fourth-order valence-corrected chi connectivity index (χ4v) is 1.89. The fourth-order valence-electron chi connectivity index (χ4n) is 1.89. The average molecular weight is 240 g/mol. The van der Waals surface area contributed by atoms with E-state index in [9.17, 15) is 0 Å². The molecule has 0 saturated heterocycles. The lowest BCUT2D eigenvalue weighted by Gasteiger charge is -2.21. The molecule has 0 aromatic carbocycles. The molecule has 0 aliphatic heterocycles. The second-order valence-corrected chi connectivity index (χ2v) is 4.81. The van der Waals surface area contributed by atoms with E-state index in [1.54, 1.807) is 0 Å². The smallest absolute Gasteiger partial charge is 0.191 e. The first kappa shape index (κ1) is 14.3. The van der Waals surface area contributed by atoms with Gasteiger partial charge in [-0.15, -0.1) is 0 Å². The van der Waals surface area contributed by atoms with Gasteiger partial charge in [0.1, 0.15) is 0 Å². The highest BCUT2D eigenvalue weighted by atomic mass is 15.2. The average Bonchev–Trinajstić information content (AvgIpc) is 3.17. The highest BCUT2D eigenvalue weighted by molar-refractivity contribution is 5.79. The standard InChI is InChI=1S/C13H28N4/c1-5-11(3)16-13(14-4)15-9-10-17(6-2)12-7-8-12/h11-12H,5-10H2,1-4H3,(H2,14,15,16). The summed E-state index contributed by atoms with van der Waals surface area (Å²) in [5.41, 5.74) is 0. The maximum atomic E-state index is 4.24. The Bertz CT molecular complexity index is 236. The lowest BCUT2D eigenvalue weighted by molar-refractivity contribution is 0.282. The van der Waals surface area contributed by atoms with Crippen LogP contribution in [-0.2, 0) is 0 Å². The number of hydrogen-bond donors (Lipinski definition) is 2. The van der Waals surface area contributed by atoms with E-state index < -0.39 is 0 Å². The molecule has 0 radical (unpaired) electrons. The molecule has 0 bridgehead atoms. The molecule has 1 atom stereocenters. The van der Waals surface area contributed by atoms with Crippen LogP contribution < -0.4 is 10.6 Å². The van der Waals surface area contributed by atoms with Crippen molar-refractivity contribution in [2.75, 3.05) is 26.7 Å². The van der Waals surface area contributed by atoms with Crippen LogP contribution in [0.15, 0.2) is 4.99 Å². The summed E-state index contributed by atoms with van der Waals surface area (Å²) < 4.78 is 0. The van der Waals surface area contributed by atoms with E-state index in [-0.39, 0.29) is 0 Å². The Morgan fingerprint density at radius 3 is 2.59 bits per heavy atom. The van der Waals surface area contributed by atoms with Crippen molar-refractivity contribution in [1.82, 2.24) is 15.5 Å². The summed E-state index contributed by atoms with van der Waals surface area (Å²) in [4.78, 5) is 6.78. The van der Waals surface area contributed by atoms with Crippen LogP contribution in [0.3, 0.4) is 0 Å². The number of nitrogens with one attached hydrogen (secondary N) is 2. The van der Waals surface area contributed by atoms with Crippen molar-refractivity contribution >= 4 is 5.96 Å². The van der Waals surface area contributed by atoms with Crippen molar-refractivity contribution in [3.63, 3.8) is 0 Å². The van der Waals surface area contributed by atoms with Gasteiger partial charge in [-0.2, -0.15) is 0 Å². The molecule has 0 heterocycles. The van der Waals surface area contributed by atoms with Gasteiger partial charge in [-0.05, 0) is 32.7 Å². The third-order valence-electron chi connectivity index (χ3n) is 3.38. The number of aliphatic imine (C=N–C) groups is 1. The molecule has 0 aromatic rings. The normalized spacial score (nSPS) is 18.3. The Hall–Kier alpha value is -0.770. The quantitative estimate of drug-likeness (QED) is 0.522. The molecule has 2 N–H and O–H groups in total. The molecule has 1 unspecified atom stereocenters. The molecule has 1 rings (SSSR count). The van der Waals surface area contributed by atoms with Crippen molar-refractivity contribution < 1.29 is 0 Å². The predicted molar refractivity (Wildman–Crippen MR) is 74.5 cm³/mol. The van der Waals surface area contributed by atoms with Crippen molar-refractivity contribution in [3.05, 3.63) is 0 Å². The van der Waals surface area contributed by atoms with Gasteiger partial charge in [0.25, 0.3) is 0 Å². The van der Waals surface area contributed by atoms with Gasteiger partial charge in [-0.1, -0.05) is 13.8 Å². The number of guanidine groups is 1. The SMILES string of the molecule is CCC(C)NC(=NC)NCCN(CC)C1CC1. The second-order valence-electron chi connectivity index (χ2n) is 4.81. The maximum absolute atomic E-state index is 4.24. The Morgan fingerprint density at radius 1 is 1.41 bits per heavy atom. The summed E-state index contributed by atoms with van der Waals surface area (Å²) in [7, 11) is 1.83. The van der Waals surface area contributed by atoms with Crippen LogP contribution in [0.4, 0.5) is 0 Å². The molecular formula is C13H28N4. The van der Waals surface area contributed by atoms with E-state index in [0.717, 1.165) is 38.1 Å². The van der Waals surface area contributed by atoms with Gasteiger partial charge in [-0.25, -0.2) is 0 Å². The summed E-state index contributed by atoms with van der Waals surface area (Å²) in [6.07, 6.45) is 3.88. The zero-order valence-corrected chi connectivity index (χ0v) is 11.8. The largest absolute Gasteiger partial charge is 0.355 e. The lowest BCUT2D eigenvalue weighted by atomic mass is 10.3. The van der Waals surface area contributed by atoms with Crippen LogP contribution in [0.5, 0.6) is 0 Å². The molecule has 1 saturated carbocycles. The fraction of sp³-hybridized carbons (Fsp3) is 0.923. The van der Waals surface area contributed by atoms with E-state index in [0.29, 0.717) is 6.04 Å². The maximum Gasteiger partial charge on any atom is 0.191 e. The van der Waals surface area contributed by atoms with Crippen LogP contribution in [0.1, 0.15) is 40.0 Å². The van der Waals surface area contributed by atoms with E-state index in [4.69, 9.17) is 0 Å². The summed E-state index contributed by atoms with van der Waals surface area (Å²) in [5.74, 6) is 0.922. The van der Waals surface area contributed by atoms with E-state index in [1.165, 1.54) is 12.8 Å². The molecule has 0 spiro atoms. The molecule has 1 fully saturated rings. The highest BCUT2D eigenvalue weighted by Crippen LogP contribution is 2.25. The number of nitrogens with zero attached hydrogens (tertiary/aromatic N) is 2. The summed E-state index contributed by atoms with van der Waals surface area (Å²) in [6, 6.07) is 1.33. The summed E-state index contributed by atoms with van der Waals surface area (Å²) in [6.45, 7) is 9.84. The van der Waals surface area contributed by atoms with Crippen LogP contribution in [0.25, 0.3) is 0 Å². The second kappa shape index (κ2) is 7.54. The molecule has 1 aliphatic carbocycles. The Balaban J connectivity index is 2.18. The van der Waals surface area contributed by atoms with Gasteiger partial charge in [0.15, 0.2) is 5.96 Å². The third-order valence-corrected chi connectivity index (χ3v) is 3.38. The molecule has 4 heteroatoms. The molecule has 0 amide bonds. The van der Waals surface area contributed by atoms with Gasteiger partial charge in [-0.3, -0.25) is 9.89 Å². The lowest BCUT2D eigenvalue weighted by Crippen LogP contribution is -2.45. The molecular weight excluding hydrogens is 212 g/mol. The van der Waals surface area contributed by atoms with Gasteiger partial charge in [0.2, 0.25) is 0 Å². The minimum atomic E-state index is 0.479. The zero-order chi connectivity index (χ0) is 12.7. The van der Waals surface area contributed by atoms with Gasteiger partial charge in [0, 0.05) is 32.2 Å². The molecule has 17 heavy (non-hydrogen) atoms. The molecule has 100 valence electrons. The van der Waals surface area contributed by atoms with Crippen molar-refractivity contribution in [3.8, 4) is 0 Å². The van der Waals surface area contributed by atoms with E-state index in [1.807, 2.05) is 7.05 Å². The van der Waals surface area contributed by atoms with Gasteiger partial charge in [0.05, 0.1) is 0 Å². The number of rotatable bonds is 7. The van der Waals surface area contributed by atoms with Crippen molar-refractivity contribution in [2.45, 2.75) is 52.1 Å². The molecule has 0 aromatic heterocycles. The Labute approximate surface area is 106 Å². The Morgan fingerprint density at radius 2 is 2.12 bits per heavy atom. The van der Waals surface area contributed by atoms with Crippen LogP contribution in [-0.4, -0.2) is 49.6 Å². The predicted octanol–water partition coefficient (Wildman–Crippen LogP) is 1.43. The molecule has 1 aliphatic rings. The van der Waals surface area contributed by atoms with Gasteiger partial charge < -0.3 is 10.6 Å². The minimum Gasteiger partial charge on any atom is -0.355 e. The Kier molecular flexibility index (Phi) is 6.34. The first-order chi connectivity index (χ1) is 8.21. The third kappa shape index (κ3) is 5.39. The minimum absolute atomic E-state index is 0.479. The highest BCUT2D eigenvalue weighted by Gasteiger charge is 2.27. The van der Waals surface area contributed by atoms with Gasteiger partial charge >= 0.3 is 0 Å². The van der Waals surface area contributed by atoms with Crippen molar-refractivity contribution in [2.24, 2.45) is 4.99 Å².